The monoisotopic (exact) mass is 349 g/mol. The minimum atomic E-state index is 0.00989. The molecule has 5 nitrogen and oxygen atoms in total. The molecule has 0 fully saturated rings. The smallest absolute Gasteiger partial charge is 0.265 e. The number of rotatable bonds is 4. The van der Waals surface area contributed by atoms with E-state index < -0.39 is 0 Å². The van der Waals surface area contributed by atoms with Crippen molar-refractivity contribution in [2.24, 2.45) is 5.41 Å². The van der Waals surface area contributed by atoms with Crippen molar-refractivity contribution in [1.29, 1.82) is 0 Å². The molecule has 2 heterocycles. The van der Waals surface area contributed by atoms with E-state index in [2.05, 4.69) is 25.8 Å². The van der Waals surface area contributed by atoms with Gasteiger partial charge in [-0.05, 0) is 37.8 Å². The lowest BCUT2D eigenvalue weighted by Gasteiger charge is -2.26. The molecule has 1 amide bonds. The van der Waals surface area contributed by atoms with Crippen molar-refractivity contribution in [2.75, 3.05) is 20.2 Å². The molecule has 0 spiro atoms. The van der Waals surface area contributed by atoms with E-state index in [0.717, 1.165) is 32.5 Å². The summed E-state index contributed by atoms with van der Waals surface area (Å²) in [7, 11) is 1.84. The largest absolute Gasteiger partial charge is 0.392 e. The molecule has 0 aliphatic rings. The van der Waals surface area contributed by atoms with E-state index in [4.69, 9.17) is 0 Å². The molecule has 0 aliphatic carbocycles. The zero-order valence-corrected chi connectivity index (χ0v) is 16.4. The lowest BCUT2D eigenvalue weighted by Crippen LogP contribution is -2.34. The summed E-state index contributed by atoms with van der Waals surface area (Å²) in [6.07, 6.45) is 1.93. The van der Waals surface area contributed by atoms with Gasteiger partial charge in [-0.1, -0.05) is 32.1 Å². The van der Waals surface area contributed by atoms with E-state index in [1.54, 1.807) is 4.90 Å². The number of aryl methyl sites for hydroxylation is 2. The second kappa shape index (κ2) is 6.69. The molecule has 132 valence electrons. The Balaban J connectivity index is 2.48. The summed E-state index contributed by atoms with van der Waals surface area (Å²) in [6.45, 7) is 12.8. The predicted molar refractivity (Wildman–Crippen MR) is 99.7 cm³/mol. The summed E-state index contributed by atoms with van der Waals surface area (Å²) < 4.78 is 2.01. The van der Waals surface area contributed by atoms with E-state index >= 15 is 0 Å². The van der Waals surface area contributed by atoms with E-state index in [-0.39, 0.29) is 17.9 Å². The summed E-state index contributed by atoms with van der Waals surface area (Å²) in [5.74, 6) is 0.0318. The van der Waals surface area contributed by atoms with Gasteiger partial charge in [0.15, 0.2) is 4.96 Å². The molecular weight excluding hydrogens is 322 g/mol. The topological polar surface area (TPSA) is 57.8 Å². The Bertz CT molecular complexity index is 793. The number of carbonyl (C=O) groups excluding carboxylic acids is 1. The lowest BCUT2D eigenvalue weighted by atomic mass is 9.96. The van der Waals surface area contributed by atoms with Gasteiger partial charge in [-0.3, -0.25) is 9.20 Å². The van der Waals surface area contributed by atoms with Gasteiger partial charge in [0, 0.05) is 19.3 Å². The molecular formula is C18H27N3O2S. The minimum absolute atomic E-state index is 0.00989. The molecule has 2 rings (SSSR count). The van der Waals surface area contributed by atoms with Crippen molar-refractivity contribution in [3.63, 3.8) is 0 Å². The molecule has 1 N–H and O–H groups in total. The lowest BCUT2D eigenvalue weighted by molar-refractivity contribution is 0.0749. The summed E-state index contributed by atoms with van der Waals surface area (Å²) in [5.41, 5.74) is 3.65. The molecule has 0 atom stereocenters. The average Bonchev–Trinajstić information content (AvgIpc) is 2.93. The zero-order chi connectivity index (χ0) is 18.2. The number of thiazole rings is 1. The van der Waals surface area contributed by atoms with Gasteiger partial charge in [-0.15, -0.1) is 0 Å². The van der Waals surface area contributed by atoms with Crippen molar-refractivity contribution < 1.29 is 9.90 Å². The van der Waals surface area contributed by atoms with Gasteiger partial charge in [-0.25, -0.2) is 4.98 Å². The van der Waals surface area contributed by atoms with E-state index in [0.29, 0.717) is 6.54 Å². The third kappa shape index (κ3) is 3.70. The Hall–Kier alpha value is -1.66. The van der Waals surface area contributed by atoms with E-state index in [1.807, 2.05) is 38.3 Å². The van der Waals surface area contributed by atoms with Crippen molar-refractivity contribution in [1.82, 2.24) is 14.3 Å². The first-order chi connectivity index (χ1) is 11.0. The first-order valence-electron chi connectivity index (χ1n) is 8.07. The molecule has 2 aromatic heterocycles. The maximum atomic E-state index is 12.8. The molecule has 0 unspecified atom stereocenters. The summed E-state index contributed by atoms with van der Waals surface area (Å²) in [6, 6.07) is 0. The SMILES string of the molecule is C/C(=C\c1c(C)nc2sc(C(=O)N(C)CC(C)(C)C)c(C)n12)CO. The van der Waals surface area contributed by atoms with Gasteiger partial charge in [0.05, 0.1) is 18.0 Å². The number of carbonyl (C=O) groups is 1. The van der Waals surface area contributed by atoms with Gasteiger partial charge in [0.25, 0.3) is 5.91 Å². The van der Waals surface area contributed by atoms with Crippen molar-refractivity contribution in [3.05, 3.63) is 27.5 Å². The highest BCUT2D eigenvalue weighted by Gasteiger charge is 2.24. The van der Waals surface area contributed by atoms with Crippen LogP contribution in [-0.4, -0.2) is 45.5 Å². The highest BCUT2D eigenvalue weighted by Crippen LogP contribution is 2.28. The number of amides is 1. The molecule has 2 aromatic rings. The molecule has 0 radical (unpaired) electrons. The Kier molecular flexibility index (Phi) is 5.20. The van der Waals surface area contributed by atoms with Crippen LogP contribution in [0.1, 0.15) is 54.4 Å². The first kappa shape index (κ1) is 18.7. The number of fused-ring (bicyclic) bond motifs is 1. The number of hydrogen-bond donors (Lipinski definition) is 1. The Morgan fingerprint density at radius 1 is 1.38 bits per heavy atom. The Morgan fingerprint density at radius 3 is 2.54 bits per heavy atom. The maximum absolute atomic E-state index is 12.8. The normalized spacial score (nSPS) is 12.9. The molecule has 0 saturated carbocycles. The summed E-state index contributed by atoms with van der Waals surface area (Å²) >= 11 is 1.42. The third-order valence-electron chi connectivity index (χ3n) is 3.81. The number of aliphatic hydroxyl groups excluding tert-OH is 1. The van der Waals surface area contributed by atoms with E-state index in [9.17, 15) is 9.90 Å². The highest BCUT2D eigenvalue weighted by molar-refractivity contribution is 7.19. The van der Waals surface area contributed by atoms with Crippen LogP contribution in [0.25, 0.3) is 11.0 Å². The average molecular weight is 350 g/mol. The van der Waals surface area contributed by atoms with Crippen LogP contribution in [0.15, 0.2) is 5.57 Å². The molecule has 0 bridgehead atoms. The number of aliphatic hydroxyl groups is 1. The van der Waals surface area contributed by atoms with Crippen molar-refractivity contribution in [2.45, 2.75) is 41.5 Å². The van der Waals surface area contributed by atoms with Gasteiger partial charge in [-0.2, -0.15) is 0 Å². The summed E-state index contributed by atoms with van der Waals surface area (Å²) in [5, 5.41) is 9.28. The summed E-state index contributed by atoms with van der Waals surface area (Å²) in [4.78, 5) is 20.7. The second-order valence-electron chi connectivity index (χ2n) is 7.59. The molecule has 0 aromatic carbocycles. The molecule has 0 aliphatic heterocycles. The van der Waals surface area contributed by atoms with Crippen LogP contribution < -0.4 is 0 Å². The van der Waals surface area contributed by atoms with Crippen LogP contribution in [0.5, 0.6) is 0 Å². The Morgan fingerprint density at radius 2 is 2.00 bits per heavy atom. The van der Waals surface area contributed by atoms with Crippen LogP contribution in [0, 0.1) is 19.3 Å². The Labute approximate surface area is 147 Å². The quantitative estimate of drug-likeness (QED) is 0.919. The number of aromatic nitrogens is 2. The van der Waals surface area contributed by atoms with Gasteiger partial charge in [0.2, 0.25) is 0 Å². The number of imidazole rings is 1. The minimum Gasteiger partial charge on any atom is -0.392 e. The fraction of sp³-hybridized carbons (Fsp3) is 0.556. The standard InChI is InChI=1S/C18H27N3O2S/c1-11(9-22)8-14-12(2)19-17-21(14)13(3)15(24-17)16(23)20(7)10-18(4,5)6/h8,22H,9-10H2,1-7H3/b11-8+. The first-order valence-corrected chi connectivity index (χ1v) is 8.88. The van der Waals surface area contributed by atoms with Crippen LogP contribution in [0.3, 0.4) is 0 Å². The molecule has 6 heteroatoms. The maximum Gasteiger partial charge on any atom is 0.265 e. The molecule has 0 saturated heterocycles. The van der Waals surface area contributed by atoms with Crippen LogP contribution in [0.4, 0.5) is 0 Å². The van der Waals surface area contributed by atoms with Crippen LogP contribution >= 0.6 is 11.3 Å². The highest BCUT2D eigenvalue weighted by atomic mass is 32.1. The second-order valence-corrected chi connectivity index (χ2v) is 8.57. The van der Waals surface area contributed by atoms with Crippen LogP contribution in [0.2, 0.25) is 0 Å². The number of hydrogen-bond acceptors (Lipinski definition) is 4. The zero-order valence-electron chi connectivity index (χ0n) is 15.6. The fourth-order valence-electron chi connectivity index (χ4n) is 2.78. The van der Waals surface area contributed by atoms with Crippen molar-refractivity contribution in [3.8, 4) is 0 Å². The van der Waals surface area contributed by atoms with Crippen molar-refractivity contribution >= 4 is 28.3 Å². The fourth-order valence-corrected chi connectivity index (χ4v) is 3.95. The van der Waals surface area contributed by atoms with Gasteiger partial charge in [0.1, 0.15) is 4.88 Å². The van der Waals surface area contributed by atoms with Gasteiger partial charge < -0.3 is 10.0 Å². The predicted octanol–water partition coefficient (Wildman–Crippen LogP) is 3.53. The third-order valence-corrected chi connectivity index (χ3v) is 4.94. The number of nitrogens with zero attached hydrogens (tertiary/aromatic N) is 3. The molecule has 24 heavy (non-hydrogen) atoms. The van der Waals surface area contributed by atoms with Gasteiger partial charge >= 0.3 is 0 Å². The van der Waals surface area contributed by atoms with E-state index in [1.165, 1.54) is 11.3 Å². The van der Waals surface area contributed by atoms with Crippen LogP contribution in [-0.2, 0) is 0 Å².